The number of hydrogen-bond acceptors (Lipinski definition) is 1. The summed E-state index contributed by atoms with van der Waals surface area (Å²) in [4.78, 5) is 11.2. The van der Waals surface area contributed by atoms with Crippen molar-refractivity contribution in [2.24, 2.45) is 0 Å². The summed E-state index contributed by atoms with van der Waals surface area (Å²) in [6.45, 7) is 0. The van der Waals surface area contributed by atoms with E-state index in [1.165, 1.54) is 6.07 Å². The molecule has 0 atom stereocenters. The molecule has 0 heterocycles. The second kappa shape index (κ2) is 5.89. The number of Topliss-reactive ketones (excluding diaryl/α,β-unsaturated/α-hetero) is 1. The van der Waals surface area contributed by atoms with Crippen LogP contribution in [0.15, 0.2) is 18.2 Å². The maximum absolute atomic E-state index is 12.6. The molecule has 1 aromatic carbocycles. The quantitative estimate of drug-likeness (QED) is 0.567. The number of alkyl halides is 3. The third-order valence-electron chi connectivity index (χ3n) is 1.91. The molecule has 0 bridgehead atoms. The van der Waals surface area contributed by atoms with Crippen LogP contribution in [0.5, 0.6) is 0 Å². The van der Waals surface area contributed by atoms with Gasteiger partial charge in [-0.3, -0.25) is 4.79 Å². The van der Waals surface area contributed by atoms with Crippen molar-refractivity contribution in [2.45, 2.75) is 12.8 Å². The van der Waals surface area contributed by atoms with Crippen molar-refractivity contribution in [3.05, 3.63) is 32.9 Å². The van der Waals surface area contributed by atoms with E-state index in [2.05, 4.69) is 15.9 Å². The summed E-state index contributed by atoms with van der Waals surface area (Å²) in [6.07, 6.45) is -2.47. The van der Waals surface area contributed by atoms with Gasteiger partial charge in [-0.2, -0.15) is 0 Å². The highest BCUT2D eigenvalue weighted by molar-refractivity contribution is 14.1. The number of halogens is 4. The van der Waals surface area contributed by atoms with Crippen LogP contribution in [0.1, 0.15) is 17.6 Å². The number of rotatable bonds is 4. The first-order valence-electron chi connectivity index (χ1n) is 4.19. The fraction of sp³-hybridized carbons (Fsp3) is 0.300. The summed E-state index contributed by atoms with van der Waals surface area (Å²) in [7, 11) is 0. The average Bonchev–Trinajstić information content (AvgIpc) is 2.20. The summed E-state index contributed by atoms with van der Waals surface area (Å²) < 4.78 is 26.0. The maximum atomic E-state index is 12.6. The normalized spacial score (nSPS) is 10.7. The lowest BCUT2D eigenvalue weighted by Gasteiger charge is -2.09. The Balaban J connectivity index is 3.07. The van der Waals surface area contributed by atoms with E-state index in [9.17, 15) is 13.6 Å². The Morgan fingerprint density at radius 3 is 2.67 bits per heavy atom. The standard InChI is InChI=1S/C10H8BrF2IO/c11-5-6(15)4-8-7(10(12)13)2-1-3-9(8)14/h1-3,10H,4-5H2. The molecule has 0 unspecified atom stereocenters. The Bertz CT molecular complexity index is 368. The molecule has 0 aliphatic heterocycles. The fourth-order valence-electron chi connectivity index (χ4n) is 1.21. The van der Waals surface area contributed by atoms with Gasteiger partial charge < -0.3 is 0 Å². The van der Waals surface area contributed by atoms with Crippen molar-refractivity contribution < 1.29 is 13.6 Å². The summed E-state index contributed by atoms with van der Waals surface area (Å²) in [5.41, 5.74) is 0.397. The van der Waals surface area contributed by atoms with Gasteiger partial charge in [-0.05, 0) is 34.2 Å². The first-order valence-corrected chi connectivity index (χ1v) is 6.39. The second-order valence-electron chi connectivity index (χ2n) is 2.96. The zero-order chi connectivity index (χ0) is 11.4. The molecule has 0 amide bonds. The van der Waals surface area contributed by atoms with E-state index in [-0.39, 0.29) is 23.1 Å². The number of hydrogen-bond donors (Lipinski definition) is 0. The smallest absolute Gasteiger partial charge is 0.264 e. The van der Waals surface area contributed by atoms with Crippen molar-refractivity contribution in [1.82, 2.24) is 0 Å². The monoisotopic (exact) mass is 388 g/mol. The molecule has 82 valence electrons. The Labute approximate surface area is 109 Å². The van der Waals surface area contributed by atoms with E-state index >= 15 is 0 Å². The largest absolute Gasteiger partial charge is 0.298 e. The molecule has 15 heavy (non-hydrogen) atoms. The molecule has 0 aliphatic carbocycles. The van der Waals surface area contributed by atoms with E-state index in [4.69, 9.17) is 0 Å². The number of benzene rings is 1. The topological polar surface area (TPSA) is 17.1 Å². The predicted molar refractivity (Wildman–Crippen MR) is 66.6 cm³/mol. The number of carbonyl (C=O) groups is 1. The summed E-state index contributed by atoms with van der Waals surface area (Å²) in [5.74, 6) is -0.0963. The van der Waals surface area contributed by atoms with E-state index < -0.39 is 6.43 Å². The van der Waals surface area contributed by atoms with E-state index in [0.29, 0.717) is 9.13 Å². The molecule has 0 radical (unpaired) electrons. The number of ketones is 1. The van der Waals surface area contributed by atoms with E-state index in [1.807, 2.05) is 22.6 Å². The maximum Gasteiger partial charge on any atom is 0.264 e. The molecule has 1 rings (SSSR count). The Kier molecular flexibility index (Phi) is 5.11. The van der Waals surface area contributed by atoms with Crippen LogP contribution in [0, 0.1) is 3.57 Å². The van der Waals surface area contributed by atoms with Gasteiger partial charge in [0.15, 0.2) is 0 Å². The van der Waals surface area contributed by atoms with E-state index in [1.54, 1.807) is 12.1 Å². The first kappa shape index (κ1) is 13.0. The van der Waals surface area contributed by atoms with Crippen LogP contribution < -0.4 is 0 Å². The van der Waals surface area contributed by atoms with E-state index in [0.717, 1.165) is 0 Å². The van der Waals surface area contributed by atoms with Gasteiger partial charge in [0.2, 0.25) is 0 Å². The zero-order valence-electron chi connectivity index (χ0n) is 7.64. The van der Waals surface area contributed by atoms with Crippen LogP contribution in [0.25, 0.3) is 0 Å². The third kappa shape index (κ3) is 3.48. The van der Waals surface area contributed by atoms with Crippen LogP contribution in [-0.2, 0) is 11.2 Å². The average molecular weight is 389 g/mol. The van der Waals surface area contributed by atoms with Crippen molar-refractivity contribution >= 4 is 44.3 Å². The summed E-state index contributed by atoms with van der Waals surface area (Å²) in [6, 6.07) is 4.67. The highest BCUT2D eigenvalue weighted by Gasteiger charge is 2.16. The van der Waals surface area contributed by atoms with Crippen molar-refractivity contribution in [1.29, 1.82) is 0 Å². The molecule has 0 spiro atoms. The molecule has 0 fully saturated rings. The van der Waals surface area contributed by atoms with Crippen LogP contribution in [0.3, 0.4) is 0 Å². The summed E-state index contributed by atoms with van der Waals surface area (Å²) in [5, 5.41) is 0.195. The predicted octanol–water partition coefficient (Wildman–Crippen LogP) is 3.74. The van der Waals surface area contributed by atoms with Gasteiger partial charge in [-0.15, -0.1) is 0 Å². The molecular formula is C10H8BrF2IO. The molecule has 0 saturated heterocycles. The molecule has 5 heteroatoms. The van der Waals surface area contributed by atoms with Crippen LogP contribution >= 0.6 is 38.5 Å². The molecule has 1 nitrogen and oxygen atoms in total. The lowest BCUT2D eigenvalue weighted by atomic mass is 10.0. The molecular weight excluding hydrogens is 381 g/mol. The zero-order valence-corrected chi connectivity index (χ0v) is 11.4. The first-order chi connectivity index (χ1) is 7.06. The molecule has 0 aliphatic rings. The minimum atomic E-state index is -2.53. The Morgan fingerprint density at radius 2 is 2.13 bits per heavy atom. The Morgan fingerprint density at radius 1 is 1.47 bits per heavy atom. The second-order valence-corrected chi connectivity index (χ2v) is 4.68. The van der Waals surface area contributed by atoms with Gasteiger partial charge in [0.25, 0.3) is 6.43 Å². The van der Waals surface area contributed by atoms with Crippen LogP contribution in [-0.4, -0.2) is 11.1 Å². The van der Waals surface area contributed by atoms with Crippen molar-refractivity contribution in [3.63, 3.8) is 0 Å². The SMILES string of the molecule is O=C(CBr)Cc1c(I)cccc1C(F)F. The van der Waals surface area contributed by atoms with Crippen molar-refractivity contribution in [3.8, 4) is 0 Å². The highest BCUT2D eigenvalue weighted by atomic mass is 127. The van der Waals surface area contributed by atoms with Gasteiger partial charge >= 0.3 is 0 Å². The minimum Gasteiger partial charge on any atom is -0.298 e. The van der Waals surface area contributed by atoms with Gasteiger partial charge in [0, 0.05) is 15.6 Å². The summed E-state index contributed by atoms with van der Waals surface area (Å²) >= 11 is 4.99. The lowest BCUT2D eigenvalue weighted by Crippen LogP contribution is -2.08. The third-order valence-corrected chi connectivity index (χ3v) is 3.55. The molecule has 0 aromatic heterocycles. The minimum absolute atomic E-state index is 0.0452. The van der Waals surface area contributed by atoms with Crippen LogP contribution in [0.4, 0.5) is 8.78 Å². The van der Waals surface area contributed by atoms with Gasteiger partial charge in [-0.25, -0.2) is 8.78 Å². The van der Waals surface area contributed by atoms with Gasteiger partial charge in [0.1, 0.15) is 5.78 Å². The van der Waals surface area contributed by atoms with Gasteiger partial charge in [0.05, 0.1) is 5.33 Å². The molecule has 0 saturated carbocycles. The number of carbonyl (C=O) groups excluding carboxylic acids is 1. The fourth-order valence-corrected chi connectivity index (χ4v) is 2.12. The van der Waals surface area contributed by atoms with Crippen molar-refractivity contribution in [2.75, 3.05) is 5.33 Å². The Hall–Kier alpha value is -0.0400. The van der Waals surface area contributed by atoms with Crippen LogP contribution in [0.2, 0.25) is 0 Å². The van der Waals surface area contributed by atoms with Gasteiger partial charge in [-0.1, -0.05) is 28.1 Å². The molecule has 1 aromatic rings. The highest BCUT2D eigenvalue weighted by Crippen LogP contribution is 2.27. The molecule has 0 N–H and O–H groups in total. The lowest BCUT2D eigenvalue weighted by molar-refractivity contribution is -0.115.